The van der Waals surface area contributed by atoms with E-state index in [1.54, 1.807) is 12.4 Å². The Labute approximate surface area is 176 Å². The average Bonchev–Trinajstić information content (AvgIpc) is 2.72. The summed E-state index contributed by atoms with van der Waals surface area (Å²) >= 11 is 0. The van der Waals surface area contributed by atoms with Crippen molar-refractivity contribution in [2.75, 3.05) is 35.3 Å². The molecule has 6 nitrogen and oxygen atoms in total. The number of rotatable bonds is 4. The quantitative estimate of drug-likeness (QED) is 0.686. The zero-order chi connectivity index (χ0) is 21.1. The Morgan fingerprint density at radius 1 is 1.10 bits per heavy atom. The number of hydrogen-bond donors (Lipinski definition) is 1. The van der Waals surface area contributed by atoms with Crippen molar-refractivity contribution in [3.8, 4) is 11.3 Å². The smallest absolute Gasteiger partial charge is 0.158 e. The van der Waals surface area contributed by atoms with Gasteiger partial charge in [-0.15, -0.1) is 0 Å². The molecule has 0 aliphatic carbocycles. The maximum absolute atomic E-state index is 13.6. The van der Waals surface area contributed by atoms with Crippen molar-refractivity contribution < 1.29 is 4.39 Å². The SMILES string of the molecule is C=C(Nc1cncc(F)c1)N1CCCCN(C)c2ccc(-c3cnccc3C)nc21. The van der Waals surface area contributed by atoms with E-state index in [-0.39, 0.29) is 0 Å². The molecular formula is C23H25FN6. The lowest BCUT2D eigenvalue weighted by molar-refractivity contribution is 0.622. The van der Waals surface area contributed by atoms with Gasteiger partial charge in [0.1, 0.15) is 11.6 Å². The Kier molecular flexibility index (Phi) is 5.61. The third-order valence-electron chi connectivity index (χ3n) is 5.28. The molecule has 1 N–H and O–H groups in total. The average molecular weight is 404 g/mol. The number of aromatic nitrogens is 3. The Morgan fingerprint density at radius 3 is 2.73 bits per heavy atom. The molecule has 30 heavy (non-hydrogen) atoms. The lowest BCUT2D eigenvalue weighted by atomic mass is 10.1. The number of pyridine rings is 3. The molecule has 4 heterocycles. The molecule has 3 aromatic rings. The van der Waals surface area contributed by atoms with E-state index >= 15 is 0 Å². The molecule has 0 spiro atoms. The second-order valence-corrected chi connectivity index (χ2v) is 7.47. The fraction of sp³-hybridized carbons (Fsp3) is 0.261. The fourth-order valence-electron chi connectivity index (χ4n) is 3.64. The molecule has 0 aromatic carbocycles. The van der Waals surface area contributed by atoms with Crippen LogP contribution in [0.2, 0.25) is 0 Å². The molecule has 0 bridgehead atoms. The molecular weight excluding hydrogens is 379 g/mol. The minimum atomic E-state index is -0.395. The molecule has 0 fully saturated rings. The van der Waals surface area contributed by atoms with Crippen LogP contribution in [0.15, 0.2) is 61.5 Å². The largest absolute Gasteiger partial charge is 0.372 e. The van der Waals surface area contributed by atoms with Gasteiger partial charge in [0.05, 0.1) is 29.5 Å². The topological polar surface area (TPSA) is 57.2 Å². The zero-order valence-corrected chi connectivity index (χ0v) is 17.3. The van der Waals surface area contributed by atoms with E-state index in [0.717, 1.165) is 54.3 Å². The van der Waals surface area contributed by atoms with E-state index < -0.39 is 5.82 Å². The fourth-order valence-corrected chi connectivity index (χ4v) is 3.64. The third-order valence-corrected chi connectivity index (χ3v) is 5.28. The first-order valence-corrected chi connectivity index (χ1v) is 10.00. The Morgan fingerprint density at radius 2 is 1.93 bits per heavy atom. The van der Waals surface area contributed by atoms with Gasteiger partial charge in [0.2, 0.25) is 0 Å². The van der Waals surface area contributed by atoms with Gasteiger partial charge in [-0.1, -0.05) is 6.58 Å². The first-order chi connectivity index (χ1) is 14.5. The van der Waals surface area contributed by atoms with Crippen LogP contribution in [0, 0.1) is 12.7 Å². The second kappa shape index (κ2) is 8.49. The molecule has 0 saturated heterocycles. The van der Waals surface area contributed by atoms with Crippen molar-refractivity contribution in [3.63, 3.8) is 0 Å². The molecule has 1 aliphatic heterocycles. The minimum Gasteiger partial charge on any atom is -0.372 e. The van der Waals surface area contributed by atoms with Crippen molar-refractivity contribution in [1.29, 1.82) is 0 Å². The van der Waals surface area contributed by atoms with Gasteiger partial charge in [-0.25, -0.2) is 9.37 Å². The summed E-state index contributed by atoms with van der Waals surface area (Å²) in [5.41, 5.74) is 4.55. The highest BCUT2D eigenvalue weighted by atomic mass is 19.1. The summed E-state index contributed by atoms with van der Waals surface area (Å²) in [6, 6.07) is 7.51. The maximum Gasteiger partial charge on any atom is 0.158 e. The van der Waals surface area contributed by atoms with Crippen LogP contribution in [0.25, 0.3) is 11.3 Å². The molecule has 0 amide bonds. The van der Waals surface area contributed by atoms with Gasteiger partial charge >= 0.3 is 0 Å². The van der Waals surface area contributed by atoms with Crippen molar-refractivity contribution >= 4 is 17.2 Å². The van der Waals surface area contributed by atoms with Crippen LogP contribution >= 0.6 is 0 Å². The third kappa shape index (κ3) is 4.10. The molecule has 1 aliphatic rings. The number of aryl methyl sites for hydroxylation is 1. The normalized spacial score (nSPS) is 14.0. The van der Waals surface area contributed by atoms with Crippen molar-refractivity contribution in [2.24, 2.45) is 0 Å². The van der Waals surface area contributed by atoms with Crippen LogP contribution in [0.3, 0.4) is 0 Å². The van der Waals surface area contributed by atoms with E-state index in [1.165, 1.54) is 12.3 Å². The highest BCUT2D eigenvalue weighted by molar-refractivity contribution is 5.75. The number of hydrogen-bond acceptors (Lipinski definition) is 6. The minimum absolute atomic E-state index is 0.395. The van der Waals surface area contributed by atoms with Gasteiger partial charge in [0.15, 0.2) is 5.82 Å². The predicted molar refractivity (Wildman–Crippen MR) is 119 cm³/mol. The number of fused-ring (bicyclic) bond motifs is 1. The predicted octanol–water partition coefficient (Wildman–Crippen LogP) is 4.61. The summed E-state index contributed by atoms with van der Waals surface area (Å²) in [7, 11) is 2.08. The lowest BCUT2D eigenvalue weighted by Crippen LogP contribution is -2.33. The van der Waals surface area contributed by atoms with Gasteiger partial charge in [-0.2, -0.15) is 0 Å². The summed E-state index contributed by atoms with van der Waals surface area (Å²) in [5, 5.41) is 3.19. The Hall–Kier alpha value is -3.48. The van der Waals surface area contributed by atoms with Gasteiger partial charge in [-0.3, -0.25) is 9.97 Å². The van der Waals surface area contributed by atoms with Crippen LogP contribution in [0.4, 0.5) is 21.6 Å². The first-order valence-electron chi connectivity index (χ1n) is 10.00. The van der Waals surface area contributed by atoms with Crippen LogP contribution in [-0.2, 0) is 0 Å². The van der Waals surface area contributed by atoms with E-state index in [1.807, 2.05) is 18.3 Å². The monoisotopic (exact) mass is 404 g/mol. The summed E-state index contributed by atoms with van der Waals surface area (Å²) in [6.07, 6.45) is 8.43. The van der Waals surface area contributed by atoms with Crippen molar-refractivity contribution in [1.82, 2.24) is 15.0 Å². The van der Waals surface area contributed by atoms with Gasteiger partial charge in [0, 0.05) is 44.2 Å². The number of nitrogens with zero attached hydrogens (tertiary/aromatic N) is 5. The first kappa shape index (κ1) is 19.8. The van der Waals surface area contributed by atoms with Crippen LogP contribution in [-0.4, -0.2) is 35.1 Å². The molecule has 3 aromatic heterocycles. The summed E-state index contributed by atoms with van der Waals surface area (Å²) in [6.45, 7) is 7.99. The van der Waals surface area contributed by atoms with E-state index in [9.17, 15) is 4.39 Å². The number of anilines is 3. The highest BCUT2D eigenvalue weighted by Crippen LogP contribution is 2.34. The molecule has 0 saturated carbocycles. The van der Waals surface area contributed by atoms with Crippen molar-refractivity contribution in [3.05, 3.63) is 72.8 Å². The zero-order valence-electron chi connectivity index (χ0n) is 17.3. The summed E-state index contributed by atoms with van der Waals surface area (Å²) < 4.78 is 13.6. The van der Waals surface area contributed by atoms with Gasteiger partial charge in [-0.05, 0) is 43.5 Å². The number of nitrogens with one attached hydrogen (secondary N) is 1. The molecule has 4 rings (SSSR count). The summed E-state index contributed by atoms with van der Waals surface area (Å²) in [4.78, 5) is 17.5. The Balaban J connectivity index is 1.74. The molecule has 0 radical (unpaired) electrons. The lowest BCUT2D eigenvalue weighted by Gasteiger charge is -2.34. The van der Waals surface area contributed by atoms with Crippen LogP contribution in [0.5, 0.6) is 0 Å². The molecule has 7 heteroatoms. The highest BCUT2D eigenvalue weighted by Gasteiger charge is 2.22. The molecule has 0 unspecified atom stereocenters. The van der Waals surface area contributed by atoms with Crippen LogP contribution in [0.1, 0.15) is 18.4 Å². The molecule has 154 valence electrons. The van der Waals surface area contributed by atoms with Gasteiger partial charge in [0.25, 0.3) is 0 Å². The summed E-state index contributed by atoms with van der Waals surface area (Å²) in [5.74, 6) is 1.05. The number of halogens is 1. The standard InChI is InChI=1S/C23H25FN6/c1-16-8-9-25-15-20(16)21-6-7-22-23(28-21)30(11-5-4-10-29(22)3)17(2)27-19-12-18(24)13-26-14-19/h6-9,12-15,27H,2,4-5,10-11H2,1,3H3. The van der Waals surface area contributed by atoms with E-state index in [0.29, 0.717) is 11.5 Å². The van der Waals surface area contributed by atoms with E-state index in [2.05, 4.69) is 51.7 Å². The van der Waals surface area contributed by atoms with E-state index in [4.69, 9.17) is 4.98 Å². The Bertz CT molecular complexity index is 1070. The van der Waals surface area contributed by atoms with Crippen LogP contribution < -0.4 is 15.1 Å². The van der Waals surface area contributed by atoms with Gasteiger partial charge < -0.3 is 15.1 Å². The maximum atomic E-state index is 13.6. The molecule has 0 atom stereocenters. The second-order valence-electron chi connectivity index (χ2n) is 7.47. The van der Waals surface area contributed by atoms with Crippen molar-refractivity contribution in [2.45, 2.75) is 19.8 Å².